The Balaban J connectivity index is 1.58. The SMILES string of the molecule is O=C1CC2(CCNCC2)CN1CCc1cccnc1. The molecule has 4 heteroatoms. The fraction of sp³-hybridized carbons (Fsp3) is 0.600. The fourth-order valence-corrected chi connectivity index (χ4v) is 3.29. The molecule has 1 amide bonds. The molecule has 1 aromatic rings. The van der Waals surface area contributed by atoms with Crippen molar-refractivity contribution < 1.29 is 4.79 Å². The first-order valence-electron chi connectivity index (χ1n) is 7.15. The Kier molecular flexibility index (Phi) is 3.51. The van der Waals surface area contributed by atoms with Crippen molar-refractivity contribution in [2.24, 2.45) is 5.41 Å². The Bertz CT molecular complexity index is 440. The van der Waals surface area contributed by atoms with Crippen LogP contribution in [0.1, 0.15) is 24.8 Å². The molecule has 1 N–H and O–H groups in total. The Hall–Kier alpha value is -1.42. The van der Waals surface area contributed by atoms with Gasteiger partial charge in [-0.2, -0.15) is 0 Å². The van der Waals surface area contributed by atoms with E-state index in [9.17, 15) is 4.79 Å². The summed E-state index contributed by atoms with van der Waals surface area (Å²) in [5.41, 5.74) is 1.47. The molecule has 102 valence electrons. The number of pyridine rings is 1. The highest BCUT2D eigenvalue weighted by molar-refractivity contribution is 5.79. The Morgan fingerprint density at radius 2 is 2.21 bits per heavy atom. The average molecular weight is 259 g/mol. The first-order valence-corrected chi connectivity index (χ1v) is 7.15. The molecule has 0 saturated carbocycles. The minimum absolute atomic E-state index is 0.261. The molecule has 0 atom stereocenters. The van der Waals surface area contributed by atoms with E-state index in [4.69, 9.17) is 0 Å². The van der Waals surface area contributed by atoms with Crippen LogP contribution in [0.15, 0.2) is 24.5 Å². The number of nitrogens with one attached hydrogen (secondary N) is 1. The van der Waals surface area contributed by atoms with Crippen LogP contribution in [0.4, 0.5) is 0 Å². The lowest BCUT2D eigenvalue weighted by molar-refractivity contribution is -0.127. The molecule has 2 fully saturated rings. The smallest absolute Gasteiger partial charge is 0.223 e. The van der Waals surface area contributed by atoms with Crippen LogP contribution in [-0.2, 0) is 11.2 Å². The second kappa shape index (κ2) is 5.29. The number of hydrogen-bond acceptors (Lipinski definition) is 3. The van der Waals surface area contributed by atoms with Gasteiger partial charge in [0.1, 0.15) is 0 Å². The molecular formula is C15H21N3O. The number of hydrogen-bond donors (Lipinski definition) is 1. The van der Waals surface area contributed by atoms with Gasteiger partial charge in [0.2, 0.25) is 5.91 Å². The molecule has 0 aliphatic carbocycles. The molecule has 1 aromatic heterocycles. The van der Waals surface area contributed by atoms with Crippen molar-refractivity contribution >= 4 is 5.91 Å². The Labute approximate surface area is 114 Å². The zero-order valence-electron chi connectivity index (χ0n) is 11.3. The monoisotopic (exact) mass is 259 g/mol. The number of aromatic nitrogens is 1. The maximum absolute atomic E-state index is 12.2. The van der Waals surface area contributed by atoms with Gasteiger partial charge in [-0.05, 0) is 49.4 Å². The Morgan fingerprint density at radius 1 is 1.37 bits per heavy atom. The third-order valence-corrected chi connectivity index (χ3v) is 4.46. The maximum atomic E-state index is 12.2. The van der Waals surface area contributed by atoms with Gasteiger partial charge in [-0.1, -0.05) is 6.07 Å². The zero-order valence-corrected chi connectivity index (χ0v) is 11.3. The number of carbonyl (C=O) groups excluding carboxylic acids is 1. The number of rotatable bonds is 3. The zero-order chi connectivity index (χ0) is 13.1. The van der Waals surface area contributed by atoms with Gasteiger partial charge in [0, 0.05) is 31.9 Å². The summed E-state index contributed by atoms with van der Waals surface area (Å²) in [4.78, 5) is 18.3. The van der Waals surface area contributed by atoms with E-state index in [1.54, 1.807) is 6.20 Å². The van der Waals surface area contributed by atoms with Gasteiger partial charge in [-0.15, -0.1) is 0 Å². The minimum Gasteiger partial charge on any atom is -0.342 e. The second-order valence-corrected chi connectivity index (χ2v) is 5.85. The van der Waals surface area contributed by atoms with Gasteiger partial charge in [-0.25, -0.2) is 0 Å². The van der Waals surface area contributed by atoms with Crippen LogP contribution >= 0.6 is 0 Å². The van der Waals surface area contributed by atoms with Crippen molar-refractivity contribution in [3.63, 3.8) is 0 Å². The van der Waals surface area contributed by atoms with Gasteiger partial charge in [0.25, 0.3) is 0 Å². The lowest BCUT2D eigenvalue weighted by atomic mass is 9.78. The summed E-state index contributed by atoms with van der Waals surface area (Å²) in [5.74, 6) is 0.339. The molecular weight excluding hydrogens is 238 g/mol. The predicted octanol–water partition coefficient (Wildman–Crippen LogP) is 1.23. The maximum Gasteiger partial charge on any atom is 0.223 e. The van der Waals surface area contributed by atoms with Crippen molar-refractivity contribution in [1.82, 2.24) is 15.2 Å². The highest BCUT2D eigenvalue weighted by Gasteiger charge is 2.43. The highest BCUT2D eigenvalue weighted by atomic mass is 16.2. The van der Waals surface area contributed by atoms with Gasteiger partial charge < -0.3 is 10.2 Å². The van der Waals surface area contributed by atoms with E-state index in [0.29, 0.717) is 5.91 Å². The Morgan fingerprint density at radius 3 is 2.95 bits per heavy atom. The van der Waals surface area contributed by atoms with Crippen molar-refractivity contribution in [2.45, 2.75) is 25.7 Å². The fourth-order valence-electron chi connectivity index (χ4n) is 3.29. The average Bonchev–Trinajstić information content (AvgIpc) is 2.74. The van der Waals surface area contributed by atoms with Gasteiger partial charge in [0.05, 0.1) is 0 Å². The van der Waals surface area contributed by atoms with E-state index in [1.807, 2.05) is 12.3 Å². The molecule has 0 bridgehead atoms. The van der Waals surface area contributed by atoms with Crippen LogP contribution in [0, 0.1) is 5.41 Å². The third-order valence-electron chi connectivity index (χ3n) is 4.46. The topological polar surface area (TPSA) is 45.2 Å². The number of piperidine rings is 1. The minimum atomic E-state index is 0.261. The molecule has 2 aliphatic heterocycles. The first-order chi connectivity index (χ1) is 9.27. The van der Waals surface area contributed by atoms with Crippen LogP contribution < -0.4 is 5.32 Å². The van der Waals surface area contributed by atoms with Crippen molar-refractivity contribution in [3.8, 4) is 0 Å². The normalized spacial score (nSPS) is 22.1. The van der Waals surface area contributed by atoms with Crippen molar-refractivity contribution in [3.05, 3.63) is 30.1 Å². The second-order valence-electron chi connectivity index (χ2n) is 5.85. The van der Waals surface area contributed by atoms with Gasteiger partial charge >= 0.3 is 0 Å². The molecule has 0 aromatic carbocycles. The van der Waals surface area contributed by atoms with E-state index in [2.05, 4.69) is 21.3 Å². The van der Waals surface area contributed by atoms with E-state index in [1.165, 1.54) is 5.56 Å². The molecule has 19 heavy (non-hydrogen) atoms. The molecule has 4 nitrogen and oxygen atoms in total. The highest BCUT2D eigenvalue weighted by Crippen LogP contribution is 2.39. The van der Waals surface area contributed by atoms with Crippen molar-refractivity contribution in [2.75, 3.05) is 26.2 Å². The summed E-state index contributed by atoms with van der Waals surface area (Å²) in [5, 5.41) is 3.39. The summed E-state index contributed by atoms with van der Waals surface area (Å²) in [6.07, 6.45) is 7.62. The lowest BCUT2D eigenvalue weighted by Gasteiger charge is -2.33. The van der Waals surface area contributed by atoms with E-state index < -0.39 is 0 Å². The van der Waals surface area contributed by atoms with E-state index >= 15 is 0 Å². The molecule has 3 heterocycles. The molecule has 1 spiro atoms. The third kappa shape index (κ3) is 2.78. The van der Waals surface area contributed by atoms with E-state index in [-0.39, 0.29) is 5.41 Å². The summed E-state index contributed by atoms with van der Waals surface area (Å²) in [7, 11) is 0. The largest absolute Gasteiger partial charge is 0.342 e. The predicted molar refractivity (Wildman–Crippen MR) is 73.7 cm³/mol. The number of nitrogens with zero attached hydrogens (tertiary/aromatic N) is 2. The standard InChI is InChI=1S/C15H21N3O/c19-14-10-15(4-7-16-8-5-15)12-18(14)9-3-13-2-1-6-17-11-13/h1-2,6,11,16H,3-5,7-10,12H2. The van der Waals surface area contributed by atoms with Crippen LogP contribution in [-0.4, -0.2) is 42.0 Å². The molecule has 3 rings (SSSR count). The van der Waals surface area contributed by atoms with Crippen molar-refractivity contribution in [1.29, 1.82) is 0 Å². The van der Waals surface area contributed by atoms with Gasteiger partial charge in [-0.3, -0.25) is 9.78 Å². The van der Waals surface area contributed by atoms with Crippen LogP contribution in [0.2, 0.25) is 0 Å². The summed E-state index contributed by atoms with van der Waals surface area (Å²) >= 11 is 0. The first kappa shape index (κ1) is 12.6. The summed E-state index contributed by atoms with van der Waals surface area (Å²) in [6.45, 7) is 3.90. The summed E-state index contributed by atoms with van der Waals surface area (Å²) in [6, 6.07) is 4.03. The molecule has 2 saturated heterocycles. The van der Waals surface area contributed by atoms with Crippen LogP contribution in [0.25, 0.3) is 0 Å². The summed E-state index contributed by atoms with van der Waals surface area (Å²) < 4.78 is 0. The number of carbonyl (C=O) groups is 1. The molecule has 0 radical (unpaired) electrons. The lowest BCUT2D eigenvalue weighted by Crippen LogP contribution is -2.39. The number of amides is 1. The van der Waals surface area contributed by atoms with Gasteiger partial charge in [0.15, 0.2) is 0 Å². The molecule has 0 unspecified atom stereocenters. The molecule has 2 aliphatic rings. The quantitative estimate of drug-likeness (QED) is 0.888. The van der Waals surface area contributed by atoms with E-state index in [0.717, 1.165) is 51.9 Å². The number of likely N-dealkylation sites (tertiary alicyclic amines) is 1. The van der Waals surface area contributed by atoms with Crippen LogP contribution in [0.3, 0.4) is 0 Å². The van der Waals surface area contributed by atoms with Crippen LogP contribution in [0.5, 0.6) is 0 Å².